The summed E-state index contributed by atoms with van der Waals surface area (Å²) >= 11 is 1.27. The number of pyridine rings is 1. The van der Waals surface area contributed by atoms with E-state index >= 15 is 0 Å². The predicted octanol–water partition coefficient (Wildman–Crippen LogP) is 5.29. The number of amides is 1. The van der Waals surface area contributed by atoms with E-state index < -0.39 is 11.4 Å². The number of nitrogens with zero attached hydrogens (tertiary/aromatic N) is 3. The Kier molecular flexibility index (Phi) is 5.78. The number of benzene rings is 2. The minimum absolute atomic E-state index is 0.177. The highest BCUT2D eigenvalue weighted by molar-refractivity contribution is 7.13. The number of fused-ring (bicyclic) bond motifs is 2. The van der Waals surface area contributed by atoms with Gasteiger partial charge >= 0.3 is 5.97 Å². The molecule has 0 saturated carbocycles. The van der Waals surface area contributed by atoms with Crippen LogP contribution in [-0.4, -0.2) is 34.2 Å². The molecule has 1 N–H and O–H groups in total. The van der Waals surface area contributed by atoms with Crippen LogP contribution in [0.2, 0.25) is 0 Å². The number of para-hydroxylation sites is 1. The van der Waals surface area contributed by atoms with Crippen LogP contribution < -0.4 is 10.1 Å². The first kappa shape index (κ1) is 22.7. The van der Waals surface area contributed by atoms with E-state index in [-0.39, 0.29) is 11.8 Å². The normalized spacial score (nSPS) is 14.3. The quantitative estimate of drug-likeness (QED) is 0.382. The van der Waals surface area contributed by atoms with E-state index in [1.54, 1.807) is 17.6 Å². The highest BCUT2D eigenvalue weighted by Crippen LogP contribution is 2.52. The van der Waals surface area contributed by atoms with Gasteiger partial charge in [-0.2, -0.15) is 0 Å². The summed E-state index contributed by atoms with van der Waals surface area (Å²) in [5, 5.41) is 11.1. The summed E-state index contributed by atoms with van der Waals surface area (Å²) in [6.07, 6.45) is 0. The van der Waals surface area contributed by atoms with Gasteiger partial charge in [0.15, 0.2) is 0 Å². The summed E-state index contributed by atoms with van der Waals surface area (Å²) < 4.78 is 11.0. The Hall–Kier alpha value is -4.11. The Morgan fingerprint density at radius 1 is 1.03 bits per heavy atom. The lowest BCUT2D eigenvalue weighted by atomic mass is 9.69. The van der Waals surface area contributed by atoms with Crippen molar-refractivity contribution in [3.63, 3.8) is 0 Å². The Bertz CT molecular complexity index is 1400. The molecule has 0 saturated heterocycles. The molecule has 2 aromatic carbocycles. The van der Waals surface area contributed by atoms with Crippen molar-refractivity contribution in [3.8, 4) is 22.9 Å². The van der Waals surface area contributed by atoms with Gasteiger partial charge in [0.05, 0.1) is 23.8 Å². The fourth-order valence-electron chi connectivity index (χ4n) is 4.29. The van der Waals surface area contributed by atoms with Crippen LogP contribution in [-0.2, 0) is 9.53 Å². The van der Waals surface area contributed by atoms with Crippen molar-refractivity contribution in [2.24, 2.45) is 5.41 Å². The Morgan fingerprint density at radius 3 is 2.51 bits per heavy atom. The third kappa shape index (κ3) is 4.15. The molecule has 176 valence electrons. The van der Waals surface area contributed by atoms with Crippen LogP contribution in [0.4, 0.5) is 5.13 Å². The molecule has 0 fully saturated rings. The molecule has 1 aliphatic rings. The number of aromatic nitrogens is 3. The van der Waals surface area contributed by atoms with Gasteiger partial charge in [0.25, 0.3) is 0 Å². The second-order valence-electron chi connectivity index (χ2n) is 8.65. The van der Waals surface area contributed by atoms with Crippen molar-refractivity contribution >= 4 is 28.3 Å². The smallest absolute Gasteiger partial charge is 0.337 e. The molecule has 1 atom stereocenters. The molecule has 0 spiro atoms. The molecule has 1 amide bonds. The first-order valence-corrected chi connectivity index (χ1v) is 11.8. The monoisotopic (exact) mass is 486 g/mol. The molecule has 35 heavy (non-hydrogen) atoms. The van der Waals surface area contributed by atoms with Gasteiger partial charge in [-0.3, -0.25) is 4.79 Å². The van der Waals surface area contributed by atoms with Gasteiger partial charge in [-0.15, -0.1) is 10.2 Å². The van der Waals surface area contributed by atoms with Crippen LogP contribution in [0.1, 0.15) is 41.3 Å². The lowest BCUT2D eigenvalue weighted by Crippen LogP contribution is -2.38. The van der Waals surface area contributed by atoms with Gasteiger partial charge in [-0.25, -0.2) is 9.78 Å². The minimum atomic E-state index is -0.855. The van der Waals surface area contributed by atoms with Gasteiger partial charge in [0, 0.05) is 22.6 Å². The molecule has 2 aromatic heterocycles. The summed E-state index contributed by atoms with van der Waals surface area (Å²) in [6.45, 7) is 3.80. The predicted molar refractivity (Wildman–Crippen MR) is 132 cm³/mol. The summed E-state index contributed by atoms with van der Waals surface area (Å²) in [7, 11) is 1.35. The molecular weight excluding hydrogens is 464 g/mol. The highest BCUT2D eigenvalue weighted by atomic mass is 32.1. The molecule has 1 aliphatic heterocycles. The molecule has 0 aliphatic carbocycles. The fourth-order valence-corrected chi connectivity index (χ4v) is 4.73. The minimum Gasteiger partial charge on any atom is -0.465 e. The molecule has 0 unspecified atom stereocenters. The maximum Gasteiger partial charge on any atom is 0.337 e. The van der Waals surface area contributed by atoms with E-state index in [1.807, 2.05) is 62.4 Å². The zero-order valence-corrected chi connectivity index (χ0v) is 20.1. The topological polar surface area (TPSA) is 103 Å². The van der Waals surface area contributed by atoms with E-state index in [0.717, 1.165) is 16.7 Å². The average molecular weight is 487 g/mol. The van der Waals surface area contributed by atoms with Gasteiger partial charge in [0.1, 0.15) is 11.3 Å². The molecule has 5 rings (SSSR count). The summed E-state index contributed by atoms with van der Waals surface area (Å²) in [6, 6.07) is 18.6. The van der Waals surface area contributed by atoms with Crippen LogP contribution in [0, 0.1) is 5.41 Å². The number of esters is 1. The van der Waals surface area contributed by atoms with Gasteiger partial charge in [-0.1, -0.05) is 61.6 Å². The number of rotatable bonds is 5. The van der Waals surface area contributed by atoms with Crippen molar-refractivity contribution in [2.75, 3.05) is 12.4 Å². The number of carbonyl (C=O) groups is 2. The van der Waals surface area contributed by atoms with Crippen molar-refractivity contribution in [1.29, 1.82) is 0 Å². The van der Waals surface area contributed by atoms with Crippen LogP contribution >= 0.6 is 11.3 Å². The molecule has 3 heterocycles. The number of anilines is 1. The fraction of sp³-hybridized carbons (Fsp3) is 0.192. The summed E-state index contributed by atoms with van der Waals surface area (Å²) in [5.41, 5.74) is 4.42. The number of nitrogens with one attached hydrogen (secondary N) is 1. The Labute approximate surface area is 206 Å². The maximum absolute atomic E-state index is 13.4. The molecule has 0 radical (unpaired) electrons. The van der Waals surface area contributed by atoms with Gasteiger partial charge in [0.2, 0.25) is 16.9 Å². The third-order valence-electron chi connectivity index (χ3n) is 6.13. The number of hydrogen-bond acceptors (Lipinski definition) is 8. The first-order chi connectivity index (χ1) is 16.9. The van der Waals surface area contributed by atoms with E-state index in [4.69, 9.17) is 14.5 Å². The third-order valence-corrected chi connectivity index (χ3v) is 6.73. The number of hydrogen-bond donors (Lipinski definition) is 1. The van der Waals surface area contributed by atoms with Gasteiger partial charge in [-0.05, 0) is 24.3 Å². The number of methoxy groups -OCH3 is 1. The molecule has 9 heteroatoms. The molecular formula is C26H22N4O4S. The number of ether oxygens (including phenoxy) is 2. The van der Waals surface area contributed by atoms with Crippen molar-refractivity contribution in [3.05, 3.63) is 82.9 Å². The van der Waals surface area contributed by atoms with Crippen molar-refractivity contribution in [1.82, 2.24) is 15.2 Å². The van der Waals surface area contributed by atoms with Crippen LogP contribution in [0.5, 0.6) is 11.6 Å². The van der Waals surface area contributed by atoms with Crippen molar-refractivity contribution in [2.45, 2.75) is 19.8 Å². The largest absolute Gasteiger partial charge is 0.465 e. The standard InChI is InChI=1S/C26H22N4O4S/c1-26(2,24(32)29-25-30-27-14-35-25)21-17-6-4-5-7-20(17)34-22-18(21)12-13-19(28-22)15-8-10-16(11-9-15)23(31)33-3/h4-14,21H,1-3H3,(H,29,30,32)/t21-/m0/s1. The molecule has 0 bridgehead atoms. The highest BCUT2D eigenvalue weighted by Gasteiger charge is 2.44. The van der Waals surface area contributed by atoms with Crippen LogP contribution in [0.25, 0.3) is 11.3 Å². The van der Waals surface area contributed by atoms with Crippen LogP contribution in [0.3, 0.4) is 0 Å². The first-order valence-electron chi connectivity index (χ1n) is 10.9. The maximum atomic E-state index is 13.4. The lowest BCUT2D eigenvalue weighted by Gasteiger charge is -2.37. The zero-order valence-electron chi connectivity index (χ0n) is 19.3. The Morgan fingerprint density at radius 2 is 1.80 bits per heavy atom. The summed E-state index contributed by atoms with van der Waals surface area (Å²) in [5.74, 6) is 0.224. The molecule has 8 nitrogen and oxygen atoms in total. The van der Waals surface area contributed by atoms with E-state index in [9.17, 15) is 9.59 Å². The van der Waals surface area contributed by atoms with Crippen LogP contribution in [0.15, 0.2) is 66.2 Å². The second-order valence-corrected chi connectivity index (χ2v) is 9.49. The van der Waals surface area contributed by atoms with E-state index in [1.165, 1.54) is 18.4 Å². The summed E-state index contributed by atoms with van der Waals surface area (Å²) in [4.78, 5) is 29.9. The lowest BCUT2D eigenvalue weighted by molar-refractivity contribution is -0.124. The van der Waals surface area contributed by atoms with E-state index in [0.29, 0.717) is 28.0 Å². The molecule has 4 aromatic rings. The van der Waals surface area contributed by atoms with E-state index in [2.05, 4.69) is 15.5 Å². The Balaban J connectivity index is 1.54. The SMILES string of the molecule is COC(=O)c1ccc(-c2ccc3c(n2)Oc2ccccc2[C@@H]3C(C)(C)C(=O)Nc2nncs2)cc1. The van der Waals surface area contributed by atoms with Crippen molar-refractivity contribution < 1.29 is 19.1 Å². The average Bonchev–Trinajstić information content (AvgIpc) is 3.39. The number of carbonyl (C=O) groups excluding carboxylic acids is 2. The van der Waals surface area contributed by atoms with Gasteiger partial charge < -0.3 is 14.8 Å². The second kappa shape index (κ2) is 8.92. The zero-order chi connectivity index (χ0) is 24.6.